The van der Waals surface area contributed by atoms with Gasteiger partial charge in [-0.25, -0.2) is 4.39 Å². The molecular formula is C18H23FN4OS2. The topological polar surface area (TPSA) is 58.1 Å². The van der Waals surface area contributed by atoms with Crippen LogP contribution >= 0.6 is 23.1 Å². The second-order valence-electron chi connectivity index (χ2n) is 6.39. The summed E-state index contributed by atoms with van der Waals surface area (Å²) >= 11 is 3.11. The van der Waals surface area contributed by atoms with Crippen LogP contribution in [0.2, 0.25) is 0 Å². The summed E-state index contributed by atoms with van der Waals surface area (Å²) in [6, 6.07) is 6.62. The number of hydrogen-bond acceptors (Lipinski definition) is 6. The Morgan fingerprint density at radius 2 is 2.04 bits per heavy atom. The highest BCUT2D eigenvalue weighted by atomic mass is 32.2. The molecule has 3 rings (SSSR count). The Labute approximate surface area is 161 Å². The van der Waals surface area contributed by atoms with E-state index >= 15 is 0 Å². The average Bonchev–Trinajstić information content (AvgIpc) is 3.10. The van der Waals surface area contributed by atoms with E-state index < -0.39 is 0 Å². The minimum absolute atomic E-state index is 0.00936. The number of nitrogens with zero attached hydrogens (tertiary/aromatic N) is 3. The predicted octanol–water partition coefficient (Wildman–Crippen LogP) is 4.03. The number of anilines is 1. The van der Waals surface area contributed by atoms with Crippen molar-refractivity contribution >= 4 is 34.1 Å². The molecule has 0 radical (unpaired) electrons. The van der Waals surface area contributed by atoms with E-state index in [9.17, 15) is 9.18 Å². The molecule has 2 heterocycles. The van der Waals surface area contributed by atoms with Crippen LogP contribution < -0.4 is 5.32 Å². The number of rotatable bonds is 7. The van der Waals surface area contributed by atoms with Gasteiger partial charge >= 0.3 is 0 Å². The number of hydrogen-bond donors (Lipinski definition) is 1. The second kappa shape index (κ2) is 9.43. The summed E-state index contributed by atoms with van der Waals surface area (Å²) < 4.78 is 13.9. The maximum absolute atomic E-state index is 13.0. The molecule has 1 saturated heterocycles. The Kier molecular flexibility index (Phi) is 6.99. The predicted molar refractivity (Wildman–Crippen MR) is 104 cm³/mol. The highest BCUT2D eigenvalue weighted by molar-refractivity contribution is 8.01. The van der Waals surface area contributed by atoms with Gasteiger partial charge in [-0.15, -0.1) is 10.2 Å². The highest BCUT2D eigenvalue weighted by Gasteiger charge is 2.25. The molecule has 0 spiro atoms. The zero-order valence-electron chi connectivity index (χ0n) is 14.8. The molecule has 1 N–H and O–H groups in total. The van der Waals surface area contributed by atoms with Crippen molar-refractivity contribution in [2.24, 2.45) is 5.92 Å². The quantitative estimate of drug-likeness (QED) is 0.568. The largest absolute Gasteiger partial charge is 0.300 e. The molecule has 8 heteroatoms. The third-order valence-electron chi connectivity index (χ3n) is 4.34. The third kappa shape index (κ3) is 5.49. The summed E-state index contributed by atoms with van der Waals surface area (Å²) in [5, 5.41) is 11.7. The zero-order valence-corrected chi connectivity index (χ0v) is 16.4. The Morgan fingerprint density at radius 1 is 1.31 bits per heavy atom. The van der Waals surface area contributed by atoms with Crippen LogP contribution in [0.25, 0.3) is 0 Å². The van der Waals surface area contributed by atoms with Crippen LogP contribution in [0.1, 0.15) is 31.7 Å². The molecule has 1 aromatic carbocycles. The minimum Gasteiger partial charge on any atom is -0.300 e. The number of halogens is 1. The van der Waals surface area contributed by atoms with Gasteiger partial charge < -0.3 is 5.32 Å². The molecule has 5 nitrogen and oxygen atoms in total. The smallest absolute Gasteiger partial charge is 0.229 e. The van der Waals surface area contributed by atoms with Crippen LogP contribution in [0.5, 0.6) is 0 Å². The van der Waals surface area contributed by atoms with Crippen molar-refractivity contribution in [3.8, 4) is 0 Å². The molecule has 1 aliphatic rings. The van der Waals surface area contributed by atoms with Gasteiger partial charge in [-0.05, 0) is 50.0 Å². The summed E-state index contributed by atoms with van der Waals surface area (Å²) in [5.41, 5.74) is 1.10. The number of carbonyl (C=O) groups is 1. The molecule has 1 aliphatic heterocycles. The molecule has 1 fully saturated rings. The van der Waals surface area contributed by atoms with E-state index in [4.69, 9.17) is 0 Å². The van der Waals surface area contributed by atoms with E-state index in [1.54, 1.807) is 11.8 Å². The summed E-state index contributed by atoms with van der Waals surface area (Å²) in [6.45, 7) is 4.65. The number of amides is 1. The summed E-state index contributed by atoms with van der Waals surface area (Å²) in [6.07, 6.45) is 2.73. The van der Waals surface area contributed by atoms with Crippen molar-refractivity contribution in [3.05, 3.63) is 35.6 Å². The number of nitrogens with one attached hydrogen (secondary N) is 1. The fourth-order valence-corrected chi connectivity index (χ4v) is 4.60. The number of benzene rings is 1. The van der Waals surface area contributed by atoms with E-state index in [0.29, 0.717) is 5.13 Å². The maximum atomic E-state index is 13.0. The van der Waals surface area contributed by atoms with Crippen LogP contribution in [0.3, 0.4) is 0 Å². The van der Waals surface area contributed by atoms with Gasteiger partial charge in [0.05, 0.1) is 0 Å². The van der Waals surface area contributed by atoms with Crippen LogP contribution in [0.4, 0.5) is 9.52 Å². The Balaban J connectivity index is 1.44. The summed E-state index contributed by atoms with van der Waals surface area (Å²) in [5.74, 6) is 0.844. The third-order valence-corrected chi connectivity index (χ3v) is 6.52. The lowest BCUT2D eigenvalue weighted by atomic mass is 9.95. The molecule has 0 aliphatic carbocycles. The van der Waals surface area contributed by atoms with Gasteiger partial charge in [0.25, 0.3) is 0 Å². The Hall–Kier alpha value is -1.51. The fraction of sp³-hybridized carbons (Fsp3) is 0.500. The number of aromatic nitrogens is 2. The van der Waals surface area contributed by atoms with E-state index in [1.807, 2.05) is 12.1 Å². The first kappa shape index (κ1) is 19.3. The van der Waals surface area contributed by atoms with Crippen molar-refractivity contribution < 1.29 is 9.18 Å². The standard InChI is InChI=1S/C18H23FN4OS2/c1-2-11-25-18-22-21-17(26-18)20-16(24)14-7-9-23(10-8-14)12-13-3-5-15(19)6-4-13/h3-6,14H,2,7-12H2,1H3,(H,20,21,24). The fourth-order valence-electron chi connectivity index (χ4n) is 2.92. The molecule has 140 valence electrons. The SMILES string of the molecule is CCCSc1nnc(NC(=O)C2CCN(Cc3ccc(F)cc3)CC2)s1. The summed E-state index contributed by atoms with van der Waals surface area (Å²) in [4.78, 5) is 14.8. The molecule has 0 atom stereocenters. The van der Waals surface area contributed by atoms with Gasteiger partial charge in [-0.3, -0.25) is 9.69 Å². The lowest BCUT2D eigenvalue weighted by molar-refractivity contribution is -0.121. The number of likely N-dealkylation sites (tertiary alicyclic amines) is 1. The lowest BCUT2D eigenvalue weighted by Gasteiger charge is -2.31. The minimum atomic E-state index is -0.211. The van der Waals surface area contributed by atoms with Crippen LogP contribution in [-0.4, -0.2) is 39.8 Å². The van der Waals surface area contributed by atoms with Crippen LogP contribution in [0.15, 0.2) is 28.6 Å². The van der Waals surface area contributed by atoms with E-state index in [-0.39, 0.29) is 17.6 Å². The normalized spacial score (nSPS) is 15.9. The van der Waals surface area contributed by atoms with Crippen molar-refractivity contribution in [2.45, 2.75) is 37.1 Å². The first-order chi connectivity index (χ1) is 12.6. The lowest BCUT2D eigenvalue weighted by Crippen LogP contribution is -2.37. The first-order valence-corrected chi connectivity index (χ1v) is 10.7. The average molecular weight is 395 g/mol. The van der Waals surface area contributed by atoms with Crippen molar-refractivity contribution in [1.29, 1.82) is 0 Å². The van der Waals surface area contributed by atoms with Crippen molar-refractivity contribution in [1.82, 2.24) is 15.1 Å². The molecular weight excluding hydrogens is 371 g/mol. The number of carbonyl (C=O) groups excluding carboxylic acids is 1. The first-order valence-electron chi connectivity index (χ1n) is 8.88. The Bertz CT molecular complexity index is 714. The number of thioether (sulfide) groups is 1. The Morgan fingerprint density at radius 3 is 2.73 bits per heavy atom. The molecule has 0 saturated carbocycles. The van der Waals surface area contributed by atoms with Gasteiger partial charge in [-0.1, -0.05) is 42.2 Å². The van der Waals surface area contributed by atoms with Crippen molar-refractivity contribution in [3.63, 3.8) is 0 Å². The summed E-state index contributed by atoms with van der Waals surface area (Å²) in [7, 11) is 0. The van der Waals surface area contributed by atoms with Gasteiger partial charge in [-0.2, -0.15) is 0 Å². The number of piperidine rings is 1. The highest BCUT2D eigenvalue weighted by Crippen LogP contribution is 2.27. The van der Waals surface area contributed by atoms with Crippen LogP contribution in [-0.2, 0) is 11.3 Å². The van der Waals surface area contributed by atoms with E-state index in [1.165, 1.54) is 23.5 Å². The molecule has 1 amide bonds. The molecule has 0 bridgehead atoms. The molecule has 1 aromatic heterocycles. The van der Waals surface area contributed by atoms with Gasteiger partial charge in [0.15, 0.2) is 4.34 Å². The molecule has 26 heavy (non-hydrogen) atoms. The van der Waals surface area contributed by atoms with Gasteiger partial charge in [0.1, 0.15) is 5.82 Å². The molecule has 2 aromatic rings. The zero-order chi connectivity index (χ0) is 18.4. The second-order valence-corrected chi connectivity index (χ2v) is 8.71. The van der Waals surface area contributed by atoms with Crippen LogP contribution in [0, 0.1) is 11.7 Å². The maximum Gasteiger partial charge on any atom is 0.229 e. The van der Waals surface area contributed by atoms with Gasteiger partial charge in [0, 0.05) is 18.2 Å². The van der Waals surface area contributed by atoms with Gasteiger partial charge in [0.2, 0.25) is 11.0 Å². The van der Waals surface area contributed by atoms with E-state index in [2.05, 4.69) is 27.3 Å². The monoisotopic (exact) mass is 394 g/mol. The van der Waals surface area contributed by atoms with Crippen molar-refractivity contribution in [2.75, 3.05) is 24.2 Å². The molecule has 0 unspecified atom stereocenters. The van der Waals surface area contributed by atoms with E-state index in [0.717, 1.165) is 54.6 Å².